The summed E-state index contributed by atoms with van der Waals surface area (Å²) in [6.45, 7) is 5.83. The first-order chi connectivity index (χ1) is 19.1. The van der Waals surface area contributed by atoms with Gasteiger partial charge in [0.25, 0.3) is 15.9 Å². The van der Waals surface area contributed by atoms with Gasteiger partial charge in [-0.3, -0.25) is 9.78 Å². The Morgan fingerprint density at radius 1 is 1.02 bits per heavy atom. The lowest BCUT2D eigenvalue weighted by Gasteiger charge is -2.21. The van der Waals surface area contributed by atoms with Crippen molar-refractivity contribution in [3.05, 3.63) is 77.1 Å². The summed E-state index contributed by atoms with van der Waals surface area (Å²) in [6.07, 6.45) is -1.14. The molecule has 1 atom stereocenters. The molecule has 4 rings (SSSR count). The van der Waals surface area contributed by atoms with Crippen LogP contribution in [0, 0.1) is 0 Å². The Labute approximate surface area is 232 Å². The summed E-state index contributed by atoms with van der Waals surface area (Å²) >= 11 is 0. The third-order valence-corrected chi connectivity index (χ3v) is 7.48. The van der Waals surface area contributed by atoms with Crippen LogP contribution in [0.1, 0.15) is 61.7 Å². The number of primary amides is 1. The molecule has 0 fully saturated rings. The molecule has 212 valence electrons. The number of sulfonamides is 1. The van der Waals surface area contributed by atoms with Gasteiger partial charge in [-0.15, -0.1) is 0 Å². The molecule has 1 aliphatic heterocycles. The normalized spacial score (nSPS) is 13.1. The number of aromatic nitrogens is 1. The molecule has 0 aliphatic carbocycles. The summed E-state index contributed by atoms with van der Waals surface area (Å²) in [7, 11) is -4.21. The number of carbonyl (C=O) groups is 2. The van der Waals surface area contributed by atoms with E-state index in [-0.39, 0.29) is 30.0 Å². The zero-order valence-corrected chi connectivity index (χ0v) is 23.2. The van der Waals surface area contributed by atoms with Gasteiger partial charge in [0.2, 0.25) is 12.9 Å². The minimum atomic E-state index is -4.21. The van der Waals surface area contributed by atoms with E-state index >= 15 is 0 Å². The minimum absolute atomic E-state index is 0.0245. The van der Waals surface area contributed by atoms with E-state index in [0.29, 0.717) is 41.3 Å². The fraction of sp³-hybridized carbons (Fsp3) is 0.321. The number of pyridine rings is 1. The first-order valence-electron chi connectivity index (χ1n) is 12.7. The van der Waals surface area contributed by atoms with Crippen molar-refractivity contribution in [2.75, 3.05) is 6.79 Å². The zero-order chi connectivity index (χ0) is 28.9. The van der Waals surface area contributed by atoms with Crippen molar-refractivity contribution in [2.24, 2.45) is 5.73 Å². The number of benzene rings is 2. The summed E-state index contributed by atoms with van der Waals surface area (Å²) in [5.74, 6) is 0.469. The summed E-state index contributed by atoms with van der Waals surface area (Å²) in [5, 5.41) is 0. The number of nitrogens with two attached hydrogens (primary N) is 1. The molecular weight excluding hydrogens is 538 g/mol. The van der Waals surface area contributed by atoms with E-state index in [9.17, 15) is 18.0 Å². The average molecular weight is 570 g/mol. The minimum Gasteiger partial charge on any atom is -0.474 e. The highest BCUT2D eigenvalue weighted by Gasteiger charge is 2.30. The van der Waals surface area contributed by atoms with E-state index in [1.54, 1.807) is 42.5 Å². The third kappa shape index (κ3) is 6.81. The van der Waals surface area contributed by atoms with Crippen LogP contribution in [0.25, 0.3) is 0 Å². The number of fused-ring (bicyclic) bond motifs is 1. The third-order valence-electron chi connectivity index (χ3n) is 6.11. The van der Waals surface area contributed by atoms with E-state index in [4.69, 9.17) is 24.7 Å². The van der Waals surface area contributed by atoms with Crippen LogP contribution in [0.2, 0.25) is 0 Å². The fourth-order valence-electron chi connectivity index (χ4n) is 4.04. The Morgan fingerprint density at radius 3 is 2.40 bits per heavy atom. The standard InChI is InChI=1S/C28H31N3O8S/c1-4-5-22-23(13-9-20(30-22)15-36-28(29)33)39-26(19-8-12-24-25(14-19)38-16-37-24)27(32)31-40(34,35)21-10-6-18(7-11-21)17(2)3/h6-14,17,26H,4-5,15-16H2,1-3H3,(H2,29,33)(H,31,32). The van der Waals surface area contributed by atoms with Crippen LogP contribution in [-0.4, -0.2) is 32.2 Å². The lowest BCUT2D eigenvalue weighted by molar-refractivity contribution is -0.126. The predicted octanol–water partition coefficient (Wildman–Crippen LogP) is 4.11. The van der Waals surface area contributed by atoms with Crippen LogP contribution in [0.15, 0.2) is 59.5 Å². The molecule has 0 saturated heterocycles. The van der Waals surface area contributed by atoms with Gasteiger partial charge >= 0.3 is 6.09 Å². The van der Waals surface area contributed by atoms with E-state index < -0.39 is 28.1 Å². The second kappa shape index (κ2) is 12.2. The van der Waals surface area contributed by atoms with Crippen molar-refractivity contribution in [3.8, 4) is 17.2 Å². The molecule has 11 nitrogen and oxygen atoms in total. The highest BCUT2D eigenvalue weighted by molar-refractivity contribution is 7.90. The maximum absolute atomic E-state index is 13.5. The van der Waals surface area contributed by atoms with Crippen LogP contribution in [0.3, 0.4) is 0 Å². The van der Waals surface area contributed by atoms with E-state index in [0.717, 1.165) is 5.56 Å². The van der Waals surface area contributed by atoms with Gasteiger partial charge in [-0.2, -0.15) is 0 Å². The molecule has 1 aliphatic rings. The first-order valence-corrected chi connectivity index (χ1v) is 14.2. The molecule has 40 heavy (non-hydrogen) atoms. The van der Waals surface area contributed by atoms with Crippen molar-refractivity contribution in [1.82, 2.24) is 9.71 Å². The molecule has 2 aromatic carbocycles. The van der Waals surface area contributed by atoms with Crippen molar-refractivity contribution in [3.63, 3.8) is 0 Å². The number of hydrogen-bond acceptors (Lipinski definition) is 9. The lowest BCUT2D eigenvalue weighted by atomic mass is 10.0. The maximum Gasteiger partial charge on any atom is 0.404 e. The first kappa shape index (κ1) is 28.7. The molecule has 1 unspecified atom stereocenters. The van der Waals surface area contributed by atoms with Gasteiger partial charge in [0.15, 0.2) is 11.5 Å². The summed E-state index contributed by atoms with van der Waals surface area (Å²) in [5.41, 5.74) is 7.30. The highest BCUT2D eigenvalue weighted by atomic mass is 32.2. The number of nitrogens with zero attached hydrogens (tertiary/aromatic N) is 1. The van der Waals surface area contributed by atoms with Gasteiger partial charge in [0.05, 0.1) is 16.3 Å². The Morgan fingerprint density at radius 2 is 1.73 bits per heavy atom. The molecule has 2 amide bonds. The predicted molar refractivity (Wildman–Crippen MR) is 144 cm³/mol. The van der Waals surface area contributed by atoms with Crippen LogP contribution in [-0.2, 0) is 32.6 Å². The molecule has 3 aromatic rings. The second-order valence-electron chi connectivity index (χ2n) is 9.41. The van der Waals surface area contributed by atoms with E-state index in [2.05, 4.69) is 9.71 Å². The molecule has 1 aromatic heterocycles. The molecule has 0 radical (unpaired) electrons. The van der Waals surface area contributed by atoms with Crippen LogP contribution < -0.4 is 24.7 Å². The van der Waals surface area contributed by atoms with Gasteiger partial charge in [-0.1, -0.05) is 45.4 Å². The Hall–Kier alpha value is -4.32. The molecule has 2 heterocycles. The van der Waals surface area contributed by atoms with Gasteiger partial charge in [-0.05, 0) is 54.3 Å². The number of carbonyl (C=O) groups excluding carboxylic acids is 2. The highest BCUT2D eigenvalue weighted by Crippen LogP contribution is 2.36. The topological polar surface area (TPSA) is 156 Å². The number of aryl methyl sites for hydroxylation is 1. The quantitative estimate of drug-likeness (QED) is 0.347. The lowest BCUT2D eigenvalue weighted by Crippen LogP contribution is -2.37. The smallest absolute Gasteiger partial charge is 0.404 e. The fourth-order valence-corrected chi connectivity index (χ4v) is 5.02. The van der Waals surface area contributed by atoms with Crippen LogP contribution >= 0.6 is 0 Å². The summed E-state index contributed by atoms with van der Waals surface area (Å²) < 4.78 is 50.2. The van der Waals surface area contributed by atoms with Gasteiger partial charge < -0.3 is 24.7 Å². The number of hydrogen-bond donors (Lipinski definition) is 2. The summed E-state index contributed by atoms with van der Waals surface area (Å²) in [4.78, 5) is 29.0. The molecule has 0 saturated carbocycles. The number of amides is 2. The number of ether oxygens (including phenoxy) is 4. The molecule has 0 spiro atoms. The van der Waals surface area contributed by atoms with Gasteiger partial charge in [0, 0.05) is 5.56 Å². The van der Waals surface area contributed by atoms with E-state index in [1.165, 1.54) is 12.1 Å². The number of nitrogens with one attached hydrogen (secondary N) is 1. The molecular formula is C28H31N3O8S. The molecule has 0 bridgehead atoms. The number of rotatable bonds is 11. The van der Waals surface area contributed by atoms with Crippen molar-refractivity contribution in [1.29, 1.82) is 0 Å². The van der Waals surface area contributed by atoms with Gasteiger partial charge in [-0.25, -0.2) is 17.9 Å². The van der Waals surface area contributed by atoms with Crippen molar-refractivity contribution in [2.45, 2.75) is 57.1 Å². The SMILES string of the molecule is CCCc1nc(COC(N)=O)ccc1OC(C(=O)NS(=O)(=O)c1ccc(C(C)C)cc1)c1ccc2c(c1)OCO2. The van der Waals surface area contributed by atoms with E-state index in [1.807, 2.05) is 20.8 Å². The van der Waals surface area contributed by atoms with Crippen LogP contribution in [0.4, 0.5) is 4.79 Å². The van der Waals surface area contributed by atoms with Crippen LogP contribution in [0.5, 0.6) is 17.2 Å². The Kier molecular flexibility index (Phi) is 8.78. The Bertz CT molecular complexity index is 1490. The average Bonchev–Trinajstić information content (AvgIpc) is 3.39. The maximum atomic E-state index is 13.5. The molecule has 3 N–H and O–H groups in total. The van der Waals surface area contributed by atoms with Crippen molar-refractivity contribution >= 4 is 22.0 Å². The second-order valence-corrected chi connectivity index (χ2v) is 11.1. The molecule has 12 heteroatoms. The summed E-state index contributed by atoms with van der Waals surface area (Å²) in [6, 6.07) is 14.3. The monoisotopic (exact) mass is 569 g/mol. The van der Waals surface area contributed by atoms with Crippen molar-refractivity contribution < 1.29 is 37.0 Å². The van der Waals surface area contributed by atoms with Gasteiger partial charge in [0.1, 0.15) is 12.4 Å². The largest absolute Gasteiger partial charge is 0.474 e. The zero-order valence-electron chi connectivity index (χ0n) is 22.4. The Balaban J connectivity index is 1.66.